The van der Waals surface area contributed by atoms with Crippen LogP contribution in [0.15, 0.2) is 364 Å². The van der Waals surface area contributed by atoms with Crippen LogP contribution in [-0.4, -0.2) is 9.13 Å². The van der Waals surface area contributed by atoms with Gasteiger partial charge in [0.05, 0.1) is 50.5 Å². The molecule has 0 saturated heterocycles. The van der Waals surface area contributed by atoms with Gasteiger partial charge >= 0.3 is 0 Å². The quantitative estimate of drug-likeness (QED) is 0.143. The van der Waals surface area contributed by atoms with Gasteiger partial charge in [0, 0.05) is 87.6 Å². The molecule has 544 valence electrons. The van der Waals surface area contributed by atoms with E-state index in [1.807, 2.05) is 0 Å². The van der Waals surface area contributed by atoms with Gasteiger partial charge < -0.3 is 18.9 Å². The van der Waals surface area contributed by atoms with Crippen molar-refractivity contribution >= 4 is 99.3 Å². The van der Waals surface area contributed by atoms with Crippen molar-refractivity contribution < 1.29 is 0 Å². The van der Waals surface area contributed by atoms with Crippen molar-refractivity contribution in [1.29, 1.82) is 0 Å². The monoisotopic (exact) mass is 1460 g/mol. The molecule has 2 aromatic heterocycles. The molecular formula is C110H84N4. The molecule has 0 N–H and O–H groups in total. The Kier molecular flexibility index (Phi) is 14.8. The van der Waals surface area contributed by atoms with E-state index in [9.17, 15) is 0 Å². The fourth-order valence-electron chi connectivity index (χ4n) is 20.9. The molecule has 0 saturated carbocycles. The maximum absolute atomic E-state index is 2.54. The second-order valence-electron chi connectivity index (χ2n) is 33.8. The van der Waals surface area contributed by atoms with Gasteiger partial charge in [0.1, 0.15) is 0 Å². The Morgan fingerprint density at radius 3 is 1.00 bits per heavy atom. The second-order valence-corrected chi connectivity index (χ2v) is 33.8. The Labute approximate surface area is 666 Å². The molecule has 4 nitrogen and oxygen atoms in total. The largest absolute Gasteiger partial charge is 0.310 e. The molecule has 0 atom stereocenters. The van der Waals surface area contributed by atoms with Gasteiger partial charge in [0.2, 0.25) is 0 Å². The van der Waals surface area contributed by atoms with Crippen molar-refractivity contribution in [3.05, 3.63) is 408 Å². The van der Waals surface area contributed by atoms with Crippen molar-refractivity contribution in [3.8, 4) is 67.0 Å². The first-order valence-corrected chi connectivity index (χ1v) is 40.3. The summed E-state index contributed by atoms with van der Waals surface area (Å²) in [4.78, 5) is 5.04. The third-order valence-electron chi connectivity index (χ3n) is 26.4. The third-order valence-corrected chi connectivity index (χ3v) is 26.4. The first kappa shape index (κ1) is 67.4. The molecule has 17 aromatic carbocycles. The molecular weight excluding hydrogens is 1380 g/mol. The molecule has 4 heteroatoms. The van der Waals surface area contributed by atoms with E-state index in [1.165, 1.54) is 188 Å². The number of aromatic nitrogens is 2. The Morgan fingerprint density at radius 2 is 0.509 bits per heavy atom. The zero-order valence-electron chi connectivity index (χ0n) is 65.4. The highest BCUT2D eigenvalue weighted by Gasteiger charge is 2.42. The molecule has 0 amide bonds. The molecule has 0 aliphatic heterocycles. The molecule has 19 aromatic rings. The highest BCUT2D eigenvalue weighted by atomic mass is 15.2. The zero-order chi connectivity index (χ0) is 76.7. The van der Waals surface area contributed by atoms with Crippen molar-refractivity contribution in [3.63, 3.8) is 0 Å². The summed E-state index contributed by atoms with van der Waals surface area (Å²) in [5, 5.41) is 9.97. The highest BCUT2D eigenvalue weighted by Crippen LogP contribution is 2.59. The standard InChI is InChI=1S/C58H44N2.C52H40N2/c1-57(2)48-22-11-7-17-42(48)47-36-39(32-34-50(47)57)59(55-27-15-24-51-56(55)46-21-8-12-23-49(46)58(51,3)4)38-30-28-37(29-31-38)40-33-35-54(43-18-6-5-16-41(40)43)60-52-25-13-9-19-44(52)45-20-10-14-26-53(45)60;1-51(2)41-22-9-5-16-34(41)40-32-33(30-31-43(40)51)53(49-29-15-24-44-50(49)39-19-6-10-23-42(39)52(44,3)4)45-27-13-21-38-37(45)20-14-28-48(38)54-46-25-11-7-17-35(46)36-18-8-12-26-47(36)54/h5-36H,1-4H3;5-32H,1-4H3. The number of fused-ring (bicyclic) bond motifs is 20. The maximum atomic E-state index is 2.54. The van der Waals surface area contributed by atoms with E-state index in [0.717, 1.165) is 22.7 Å². The fourth-order valence-corrected chi connectivity index (χ4v) is 20.9. The van der Waals surface area contributed by atoms with Crippen molar-refractivity contribution in [2.24, 2.45) is 0 Å². The smallest absolute Gasteiger partial charge is 0.0543 e. The van der Waals surface area contributed by atoms with Gasteiger partial charge in [-0.05, 0) is 185 Å². The summed E-state index contributed by atoms with van der Waals surface area (Å²) in [6.07, 6.45) is 0. The molecule has 4 aliphatic rings. The predicted octanol–water partition coefficient (Wildman–Crippen LogP) is 29.7. The van der Waals surface area contributed by atoms with Crippen LogP contribution in [0.4, 0.5) is 34.1 Å². The van der Waals surface area contributed by atoms with E-state index in [2.05, 4.69) is 438 Å². The van der Waals surface area contributed by atoms with E-state index in [-0.39, 0.29) is 21.7 Å². The Hall–Kier alpha value is -13.5. The normalized spacial score (nSPS) is 14.4. The molecule has 114 heavy (non-hydrogen) atoms. The Morgan fingerprint density at radius 1 is 0.193 bits per heavy atom. The number of benzene rings is 17. The molecule has 0 radical (unpaired) electrons. The van der Waals surface area contributed by atoms with Gasteiger partial charge in [-0.1, -0.05) is 328 Å². The number of nitrogens with zero attached hydrogens (tertiary/aromatic N) is 4. The van der Waals surface area contributed by atoms with E-state index in [1.54, 1.807) is 0 Å². The van der Waals surface area contributed by atoms with Crippen LogP contribution in [0.2, 0.25) is 0 Å². The van der Waals surface area contributed by atoms with Gasteiger partial charge in [-0.25, -0.2) is 0 Å². The van der Waals surface area contributed by atoms with Gasteiger partial charge in [-0.3, -0.25) is 0 Å². The van der Waals surface area contributed by atoms with Crippen LogP contribution in [0.5, 0.6) is 0 Å². The number of hydrogen-bond donors (Lipinski definition) is 0. The van der Waals surface area contributed by atoms with Crippen LogP contribution in [-0.2, 0) is 21.7 Å². The second kappa shape index (κ2) is 25.0. The van der Waals surface area contributed by atoms with Crippen LogP contribution in [0, 0.1) is 0 Å². The number of anilines is 6. The number of hydrogen-bond acceptors (Lipinski definition) is 2. The summed E-state index contributed by atoms with van der Waals surface area (Å²) in [7, 11) is 0. The molecule has 23 rings (SSSR count). The van der Waals surface area contributed by atoms with Gasteiger partial charge in [0.15, 0.2) is 0 Å². The van der Waals surface area contributed by atoms with Crippen LogP contribution in [0.25, 0.3) is 132 Å². The summed E-state index contributed by atoms with van der Waals surface area (Å²) >= 11 is 0. The maximum Gasteiger partial charge on any atom is 0.0543 e. The molecule has 0 bridgehead atoms. The van der Waals surface area contributed by atoms with E-state index >= 15 is 0 Å². The van der Waals surface area contributed by atoms with Crippen LogP contribution in [0.3, 0.4) is 0 Å². The van der Waals surface area contributed by atoms with Crippen molar-refractivity contribution in [1.82, 2.24) is 9.13 Å². The summed E-state index contributed by atoms with van der Waals surface area (Å²) in [5.41, 5.74) is 37.9. The lowest BCUT2D eigenvalue weighted by molar-refractivity contribution is 0.660. The van der Waals surface area contributed by atoms with E-state index in [4.69, 9.17) is 0 Å². The number of para-hydroxylation sites is 4. The number of rotatable bonds is 9. The lowest BCUT2D eigenvalue weighted by Gasteiger charge is -2.31. The molecule has 0 fully saturated rings. The van der Waals surface area contributed by atoms with Crippen LogP contribution < -0.4 is 9.80 Å². The topological polar surface area (TPSA) is 16.3 Å². The summed E-state index contributed by atoms with van der Waals surface area (Å²) in [6.45, 7) is 18.9. The minimum Gasteiger partial charge on any atom is -0.310 e. The van der Waals surface area contributed by atoms with Crippen LogP contribution >= 0.6 is 0 Å². The molecule has 2 heterocycles. The average molecular weight is 1460 g/mol. The van der Waals surface area contributed by atoms with Gasteiger partial charge in [-0.2, -0.15) is 0 Å². The fraction of sp³-hybridized carbons (Fsp3) is 0.109. The van der Waals surface area contributed by atoms with Gasteiger partial charge in [-0.15, -0.1) is 0 Å². The molecule has 0 spiro atoms. The zero-order valence-corrected chi connectivity index (χ0v) is 65.4. The lowest BCUT2D eigenvalue weighted by Crippen LogP contribution is -2.17. The SMILES string of the molecule is CC1(C)c2ccccc2-c2cc(N(c3ccc(-c4ccc(-n5c6ccccc6c6ccccc65)c5ccccc45)cc3)c3cccc4c3-c3ccccc3C4(C)C)ccc21.CC1(C)c2ccccc2-c2cc(N(c3cccc4c3-c3ccccc3C4(C)C)c3cccc4c(-n5c6ccccc6c6ccccc65)cccc34)ccc21. The van der Waals surface area contributed by atoms with E-state index in [0.29, 0.717) is 0 Å². The van der Waals surface area contributed by atoms with Gasteiger partial charge in [0.25, 0.3) is 0 Å². The lowest BCUT2D eigenvalue weighted by atomic mass is 9.82. The first-order valence-electron chi connectivity index (χ1n) is 40.3. The Balaban J connectivity index is 0.000000140. The van der Waals surface area contributed by atoms with Crippen LogP contribution in [0.1, 0.15) is 99.9 Å². The van der Waals surface area contributed by atoms with Crippen molar-refractivity contribution in [2.75, 3.05) is 9.80 Å². The summed E-state index contributed by atoms with van der Waals surface area (Å²) in [5.74, 6) is 0. The highest BCUT2D eigenvalue weighted by molar-refractivity contribution is 6.14. The first-order chi connectivity index (χ1) is 55.6. The minimum atomic E-state index is -0.114. The average Bonchev–Trinajstić information content (AvgIpc) is 1.42. The minimum absolute atomic E-state index is 0.0617. The molecule has 4 aliphatic carbocycles. The summed E-state index contributed by atoms with van der Waals surface area (Å²) in [6, 6.07) is 136. The Bertz CT molecular complexity index is 7150. The third kappa shape index (κ3) is 9.70. The predicted molar refractivity (Wildman–Crippen MR) is 482 cm³/mol. The molecule has 0 unspecified atom stereocenters. The van der Waals surface area contributed by atoms with E-state index < -0.39 is 0 Å². The van der Waals surface area contributed by atoms with Crippen molar-refractivity contribution in [2.45, 2.75) is 77.0 Å². The summed E-state index contributed by atoms with van der Waals surface area (Å²) < 4.78 is 4.89.